The third-order valence-corrected chi connectivity index (χ3v) is 4.16. The molecule has 0 unspecified atom stereocenters. The van der Waals surface area contributed by atoms with E-state index in [4.69, 9.17) is 0 Å². The molecule has 0 atom stereocenters. The molecule has 1 aliphatic rings. The maximum absolute atomic E-state index is 12.1. The van der Waals surface area contributed by atoms with E-state index in [0.29, 0.717) is 25.2 Å². The van der Waals surface area contributed by atoms with Crippen LogP contribution in [0.1, 0.15) is 25.7 Å². The van der Waals surface area contributed by atoms with Gasteiger partial charge in [0.15, 0.2) is 5.65 Å². The molecule has 3 heterocycles. The van der Waals surface area contributed by atoms with Crippen molar-refractivity contribution in [2.24, 2.45) is 0 Å². The third-order valence-electron chi connectivity index (χ3n) is 4.16. The van der Waals surface area contributed by atoms with Crippen LogP contribution in [-0.2, 0) is 16.1 Å². The van der Waals surface area contributed by atoms with Crippen molar-refractivity contribution in [3.8, 4) is 0 Å². The van der Waals surface area contributed by atoms with Crippen molar-refractivity contribution in [1.82, 2.24) is 24.4 Å². The van der Waals surface area contributed by atoms with Gasteiger partial charge in [-0.3, -0.25) is 14.0 Å². The van der Waals surface area contributed by atoms with E-state index in [2.05, 4.69) is 10.4 Å². The number of fused-ring (bicyclic) bond motifs is 1. The number of carbonyl (C=O) groups excluding carboxylic acids is 2. The second kappa shape index (κ2) is 7.29. The number of hydrogen-bond acceptors (Lipinski definition) is 4. The molecule has 8 nitrogen and oxygen atoms in total. The van der Waals surface area contributed by atoms with E-state index >= 15 is 0 Å². The first kappa shape index (κ1) is 16.2. The fourth-order valence-electron chi connectivity index (χ4n) is 2.87. The zero-order chi connectivity index (χ0) is 16.9. The monoisotopic (exact) mass is 331 g/mol. The normalized spacial score (nSPS) is 15.5. The second-order valence-electron chi connectivity index (χ2n) is 5.91. The van der Waals surface area contributed by atoms with Gasteiger partial charge in [0.25, 0.3) is 0 Å². The van der Waals surface area contributed by atoms with Crippen LogP contribution in [0.3, 0.4) is 0 Å². The average Bonchev–Trinajstić information content (AvgIpc) is 2.74. The molecule has 8 heteroatoms. The zero-order valence-electron chi connectivity index (χ0n) is 13.5. The molecule has 1 saturated heterocycles. The highest BCUT2D eigenvalue weighted by Crippen LogP contribution is 2.10. The van der Waals surface area contributed by atoms with Crippen molar-refractivity contribution in [2.45, 2.75) is 32.2 Å². The number of rotatable bonds is 5. The Labute approximate surface area is 139 Å². The topological polar surface area (TPSA) is 88.7 Å². The number of amides is 2. The van der Waals surface area contributed by atoms with Crippen LogP contribution in [0.5, 0.6) is 0 Å². The Morgan fingerprint density at radius 2 is 2.08 bits per heavy atom. The quantitative estimate of drug-likeness (QED) is 0.836. The minimum atomic E-state index is -0.344. The van der Waals surface area contributed by atoms with Crippen LogP contribution in [-0.4, -0.2) is 50.5 Å². The summed E-state index contributed by atoms with van der Waals surface area (Å²) in [7, 11) is 0. The first-order chi connectivity index (χ1) is 11.6. The van der Waals surface area contributed by atoms with E-state index < -0.39 is 0 Å². The highest BCUT2D eigenvalue weighted by Gasteiger charge is 2.16. The van der Waals surface area contributed by atoms with Crippen LogP contribution in [0, 0.1) is 0 Å². The molecule has 0 radical (unpaired) electrons. The van der Waals surface area contributed by atoms with E-state index in [1.807, 2.05) is 0 Å². The molecular formula is C16H21N5O3. The van der Waals surface area contributed by atoms with Crippen molar-refractivity contribution in [3.05, 3.63) is 34.9 Å². The van der Waals surface area contributed by atoms with Crippen LogP contribution in [0.4, 0.5) is 0 Å². The van der Waals surface area contributed by atoms with Gasteiger partial charge < -0.3 is 10.2 Å². The van der Waals surface area contributed by atoms with Crippen molar-refractivity contribution in [3.63, 3.8) is 0 Å². The van der Waals surface area contributed by atoms with Gasteiger partial charge in [-0.2, -0.15) is 0 Å². The highest BCUT2D eigenvalue weighted by molar-refractivity contribution is 5.77. The summed E-state index contributed by atoms with van der Waals surface area (Å²) in [5.74, 6) is -0.138. The van der Waals surface area contributed by atoms with Gasteiger partial charge in [0, 0.05) is 32.3 Å². The van der Waals surface area contributed by atoms with Gasteiger partial charge in [0.05, 0.1) is 0 Å². The number of carbonyl (C=O) groups is 2. The number of aromatic nitrogens is 3. The lowest BCUT2D eigenvalue weighted by molar-refractivity contribution is -0.131. The molecule has 0 bridgehead atoms. The summed E-state index contributed by atoms with van der Waals surface area (Å²) >= 11 is 0. The standard InChI is InChI=1S/C16H21N5O3/c22-14(17-8-11-19-9-4-1-2-7-15(19)23)12-21-16(24)20-10-5-3-6-13(20)18-21/h3,5-6,10H,1-2,4,7-9,11-12H2,(H,17,22). The first-order valence-corrected chi connectivity index (χ1v) is 8.24. The summed E-state index contributed by atoms with van der Waals surface area (Å²) in [4.78, 5) is 37.8. The molecule has 0 aliphatic carbocycles. The summed E-state index contributed by atoms with van der Waals surface area (Å²) < 4.78 is 2.53. The fourth-order valence-corrected chi connectivity index (χ4v) is 2.87. The third kappa shape index (κ3) is 3.64. The Morgan fingerprint density at radius 1 is 1.21 bits per heavy atom. The van der Waals surface area contributed by atoms with E-state index in [1.165, 1.54) is 4.40 Å². The maximum Gasteiger partial charge on any atom is 0.350 e. The van der Waals surface area contributed by atoms with Crippen LogP contribution >= 0.6 is 0 Å². The van der Waals surface area contributed by atoms with Crippen LogP contribution in [0.25, 0.3) is 5.65 Å². The number of likely N-dealkylation sites (tertiary alicyclic amines) is 1. The van der Waals surface area contributed by atoms with Gasteiger partial charge >= 0.3 is 5.69 Å². The van der Waals surface area contributed by atoms with Crippen molar-refractivity contribution in [2.75, 3.05) is 19.6 Å². The van der Waals surface area contributed by atoms with E-state index in [0.717, 1.165) is 30.5 Å². The van der Waals surface area contributed by atoms with Gasteiger partial charge in [-0.25, -0.2) is 9.48 Å². The lowest BCUT2D eigenvalue weighted by Gasteiger charge is -2.20. The first-order valence-electron chi connectivity index (χ1n) is 8.24. The molecule has 1 fully saturated rings. The van der Waals surface area contributed by atoms with E-state index in [9.17, 15) is 14.4 Å². The largest absolute Gasteiger partial charge is 0.353 e. The Morgan fingerprint density at radius 3 is 2.92 bits per heavy atom. The summed E-state index contributed by atoms with van der Waals surface area (Å²) in [5.41, 5.74) is 0.161. The highest BCUT2D eigenvalue weighted by atomic mass is 16.2. The van der Waals surface area contributed by atoms with Crippen molar-refractivity contribution in [1.29, 1.82) is 0 Å². The predicted octanol–water partition coefficient (Wildman–Crippen LogP) is 0.0148. The Bertz CT molecular complexity index is 794. The Balaban J connectivity index is 1.52. The van der Waals surface area contributed by atoms with Crippen molar-refractivity contribution >= 4 is 17.5 Å². The molecule has 24 heavy (non-hydrogen) atoms. The molecule has 2 aromatic rings. The molecule has 0 saturated carbocycles. The molecule has 2 aromatic heterocycles. The lowest BCUT2D eigenvalue weighted by Crippen LogP contribution is -2.40. The molecule has 2 amide bonds. The SMILES string of the molecule is O=C(Cn1nc2ccccn2c1=O)NCCN1CCCCCC1=O. The minimum absolute atomic E-state index is 0.130. The molecule has 0 aromatic carbocycles. The van der Waals surface area contributed by atoms with Crippen LogP contribution in [0.15, 0.2) is 29.2 Å². The van der Waals surface area contributed by atoms with Crippen LogP contribution < -0.4 is 11.0 Å². The van der Waals surface area contributed by atoms with E-state index in [1.54, 1.807) is 29.3 Å². The predicted molar refractivity (Wildman–Crippen MR) is 87.5 cm³/mol. The molecule has 128 valence electrons. The molecule has 0 spiro atoms. The van der Waals surface area contributed by atoms with Gasteiger partial charge in [-0.1, -0.05) is 12.5 Å². The molecule has 1 aliphatic heterocycles. The van der Waals surface area contributed by atoms with Gasteiger partial charge in [-0.05, 0) is 25.0 Å². The number of pyridine rings is 1. The van der Waals surface area contributed by atoms with Gasteiger partial charge in [0.2, 0.25) is 11.8 Å². The Kier molecular flexibility index (Phi) is 4.93. The molecular weight excluding hydrogens is 310 g/mol. The lowest BCUT2D eigenvalue weighted by atomic mass is 10.2. The smallest absolute Gasteiger partial charge is 0.350 e. The summed E-state index contributed by atoms with van der Waals surface area (Å²) in [6.45, 7) is 1.51. The minimum Gasteiger partial charge on any atom is -0.353 e. The summed E-state index contributed by atoms with van der Waals surface area (Å²) in [6, 6.07) is 5.23. The molecule has 1 N–H and O–H groups in total. The second-order valence-corrected chi connectivity index (χ2v) is 5.91. The average molecular weight is 331 g/mol. The number of nitrogens with one attached hydrogen (secondary N) is 1. The Hall–Kier alpha value is -2.64. The summed E-state index contributed by atoms with van der Waals surface area (Å²) in [6.07, 6.45) is 5.23. The number of hydrogen-bond donors (Lipinski definition) is 1. The fraction of sp³-hybridized carbons (Fsp3) is 0.500. The van der Waals surface area contributed by atoms with Crippen molar-refractivity contribution < 1.29 is 9.59 Å². The van der Waals surface area contributed by atoms with E-state index in [-0.39, 0.29) is 24.0 Å². The summed E-state index contributed by atoms with van der Waals surface area (Å²) in [5, 5.41) is 6.87. The number of nitrogens with zero attached hydrogens (tertiary/aromatic N) is 4. The van der Waals surface area contributed by atoms with Gasteiger partial charge in [-0.15, -0.1) is 5.10 Å². The zero-order valence-corrected chi connectivity index (χ0v) is 13.5. The maximum atomic E-state index is 12.1. The molecule has 3 rings (SSSR count). The van der Waals surface area contributed by atoms with Crippen LogP contribution in [0.2, 0.25) is 0 Å². The van der Waals surface area contributed by atoms with Gasteiger partial charge in [0.1, 0.15) is 6.54 Å².